The predicted octanol–water partition coefficient (Wildman–Crippen LogP) is 4.43. The molecule has 0 unspecified atom stereocenters. The van der Waals surface area contributed by atoms with Gasteiger partial charge in [-0.15, -0.1) is 22.7 Å². The molecular weight excluding hydrogens is 472 g/mol. The van der Waals surface area contributed by atoms with Crippen molar-refractivity contribution in [2.45, 2.75) is 50.2 Å². The Morgan fingerprint density at radius 1 is 1.12 bits per heavy atom. The van der Waals surface area contributed by atoms with Crippen molar-refractivity contribution in [2.75, 3.05) is 5.73 Å². The molecule has 2 aromatic heterocycles. The van der Waals surface area contributed by atoms with Crippen LogP contribution in [0.1, 0.15) is 40.3 Å². The van der Waals surface area contributed by atoms with Crippen molar-refractivity contribution in [1.29, 1.82) is 0 Å². The highest BCUT2D eigenvalue weighted by Gasteiger charge is 2.36. The van der Waals surface area contributed by atoms with E-state index in [4.69, 9.17) is 19.5 Å². The lowest BCUT2D eigenvalue weighted by molar-refractivity contribution is -0.179. The highest BCUT2D eigenvalue weighted by molar-refractivity contribution is 7.97. The summed E-state index contributed by atoms with van der Waals surface area (Å²) >= 11 is 3.32. The van der Waals surface area contributed by atoms with Crippen molar-refractivity contribution in [3.8, 4) is 0 Å². The fraction of sp³-hybridized carbons (Fsp3) is 0.350. The van der Waals surface area contributed by atoms with E-state index in [2.05, 4.69) is 15.1 Å². The third-order valence-corrected chi connectivity index (χ3v) is 6.10. The van der Waals surface area contributed by atoms with Crippen LogP contribution in [-0.2, 0) is 23.3 Å². The first-order valence-electron chi connectivity index (χ1n) is 9.40. The van der Waals surface area contributed by atoms with E-state index in [-0.39, 0.29) is 16.5 Å². The SMILES string of the molecule is CC(C)(C)OC(=O)C(C)(C)O/N=C(\C(=O)OSc1nc2ccccc2s1)c1csc(N)n1. The number of carbonyl (C=O) groups excluding carboxylic acids is 2. The molecule has 0 spiro atoms. The standard InChI is InChI=1S/C20H22N4O5S3/c1-19(2,3)27-16(26)20(4,5)29-24-14(12-10-30-17(21)22-12)15(25)28-32-18-23-11-8-6-7-9-13(11)31-18/h6-10H,1-5H3,(H2,21,22)/b24-14-. The molecule has 0 radical (unpaired) electrons. The zero-order valence-corrected chi connectivity index (χ0v) is 20.5. The highest BCUT2D eigenvalue weighted by atomic mass is 32.2. The number of thiazole rings is 2. The fourth-order valence-corrected chi connectivity index (χ4v) is 4.30. The third-order valence-electron chi connectivity index (χ3n) is 3.68. The summed E-state index contributed by atoms with van der Waals surface area (Å²) in [6, 6.07) is 7.58. The van der Waals surface area contributed by atoms with Crippen LogP contribution in [0.4, 0.5) is 5.13 Å². The van der Waals surface area contributed by atoms with Crippen molar-refractivity contribution in [3.63, 3.8) is 0 Å². The Kier molecular flexibility index (Phi) is 7.06. The second-order valence-electron chi connectivity index (χ2n) is 8.02. The average Bonchev–Trinajstić information content (AvgIpc) is 3.31. The summed E-state index contributed by atoms with van der Waals surface area (Å²) in [5, 5.41) is 5.67. The topological polar surface area (TPSA) is 126 Å². The molecule has 3 aromatic rings. The van der Waals surface area contributed by atoms with Gasteiger partial charge in [0.25, 0.3) is 0 Å². The number of rotatable bonds is 7. The summed E-state index contributed by atoms with van der Waals surface area (Å²) in [5.41, 5.74) is 4.27. The molecule has 9 nitrogen and oxygen atoms in total. The maximum atomic E-state index is 12.8. The molecule has 0 bridgehead atoms. The van der Waals surface area contributed by atoms with E-state index in [1.165, 1.54) is 25.2 Å². The van der Waals surface area contributed by atoms with Gasteiger partial charge in [0.15, 0.2) is 9.47 Å². The Labute approximate surface area is 197 Å². The predicted molar refractivity (Wildman–Crippen MR) is 126 cm³/mol. The van der Waals surface area contributed by atoms with Gasteiger partial charge in [-0.2, -0.15) is 0 Å². The molecule has 0 amide bonds. The van der Waals surface area contributed by atoms with Gasteiger partial charge in [0, 0.05) is 5.38 Å². The largest absolute Gasteiger partial charge is 0.457 e. The molecule has 1 aromatic carbocycles. The van der Waals surface area contributed by atoms with Crippen LogP contribution < -0.4 is 5.73 Å². The maximum Gasteiger partial charge on any atom is 0.375 e. The van der Waals surface area contributed by atoms with E-state index in [1.54, 1.807) is 26.2 Å². The van der Waals surface area contributed by atoms with Crippen molar-refractivity contribution < 1.29 is 23.3 Å². The van der Waals surface area contributed by atoms with E-state index < -0.39 is 23.1 Å². The van der Waals surface area contributed by atoms with Gasteiger partial charge in [-0.1, -0.05) is 17.3 Å². The van der Waals surface area contributed by atoms with Crippen LogP contribution in [-0.4, -0.2) is 38.8 Å². The second-order valence-corrected chi connectivity index (χ2v) is 10.9. The number of benzene rings is 1. The van der Waals surface area contributed by atoms with Crippen molar-refractivity contribution >= 4 is 67.7 Å². The number of nitrogens with two attached hydrogens (primary N) is 1. The first-order valence-corrected chi connectivity index (χ1v) is 11.8. The number of aromatic nitrogens is 2. The van der Waals surface area contributed by atoms with E-state index in [9.17, 15) is 9.59 Å². The third kappa shape index (κ3) is 6.17. The van der Waals surface area contributed by atoms with E-state index in [0.717, 1.165) is 33.6 Å². The fourth-order valence-electron chi connectivity index (χ4n) is 2.18. The minimum atomic E-state index is -1.46. The molecular formula is C20H22N4O5S3. The number of oxime groups is 1. The molecule has 12 heteroatoms. The number of anilines is 1. The molecule has 3 rings (SSSR count). The van der Waals surface area contributed by atoms with Gasteiger partial charge in [0.2, 0.25) is 11.3 Å². The lowest BCUT2D eigenvalue weighted by Gasteiger charge is -2.26. The zero-order valence-electron chi connectivity index (χ0n) is 18.1. The Hall–Kier alpha value is -2.70. The molecule has 2 heterocycles. The van der Waals surface area contributed by atoms with Gasteiger partial charge < -0.3 is 19.5 Å². The van der Waals surface area contributed by atoms with Gasteiger partial charge in [0.1, 0.15) is 23.3 Å². The number of fused-ring (bicyclic) bond motifs is 1. The molecule has 2 N–H and O–H groups in total. The van der Waals surface area contributed by atoms with Gasteiger partial charge in [-0.3, -0.25) is 0 Å². The molecule has 0 saturated carbocycles. The van der Waals surface area contributed by atoms with Crippen LogP contribution in [0.5, 0.6) is 0 Å². The summed E-state index contributed by atoms with van der Waals surface area (Å²) in [4.78, 5) is 39.1. The van der Waals surface area contributed by atoms with Crippen molar-refractivity contribution in [1.82, 2.24) is 9.97 Å². The molecule has 0 aliphatic carbocycles. The average molecular weight is 495 g/mol. The first-order chi connectivity index (χ1) is 14.9. The summed E-state index contributed by atoms with van der Waals surface area (Å²) in [7, 11) is 0. The summed E-state index contributed by atoms with van der Waals surface area (Å²) in [6.45, 7) is 8.19. The molecule has 0 fully saturated rings. The summed E-state index contributed by atoms with van der Waals surface area (Å²) < 4.78 is 12.2. The van der Waals surface area contributed by atoms with Crippen molar-refractivity contribution in [3.05, 3.63) is 35.3 Å². The Morgan fingerprint density at radius 3 is 2.47 bits per heavy atom. The van der Waals surface area contributed by atoms with Crippen LogP contribution in [0.2, 0.25) is 0 Å². The van der Waals surface area contributed by atoms with Crippen LogP contribution in [0.25, 0.3) is 10.2 Å². The quantitative estimate of drug-likeness (QED) is 0.220. The van der Waals surface area contributed by atoms with E-state index >= 15 is 0 Å². The van der Waals surface area contributed by atoms with Crippen LogP contribution in [0, 0.1) is 0 Å². The monoisotopic (exact) mass is 494 g/mol. The number of nitrogens with zero attached hydrogens (tertiary/aromatic N) is 3. The summed E-state index contributed by atoms with van der Waals surface area (Å²) in [6.07, 6.45) is 0. The van der Waals surface area contributed by atoms with Gasteiger partial charge >= 0.3 is 11.9 Å². The Morgan fingerprint density at radius 2 is 1.84 bits per heavy atom. The van der Waals surface area contributed by atoms with Crippen LogP contribution >= 0.6 is 34.7 Å². The highest BCUT2D eigenvalue weighted by Crippen LogP contribution is 2.30. The summed E-state index contributed by atoms with van der Waals surface area (Å²) in [5.74, 6) is -1.46. The number of hydrogen-bond donors (Lipinski definition) is 1. The molecule has 0 saturated heterocycles. The number of carbonyl (C=O) groups is 2. The van der Waals surface area contributed by atoms with Gasteiger partial charge in [-0.05, 0) is 46.8 Å². The lowest BCUT2D eigenvalue weighted by Crippen LogP contribution is -2.40. The number of nitrogen functional groups attached to an aromatic ring is 1. The molecule has 0 aliphatic rings. The first kappa shape index (κ1) is 24.0. The van der Waals surface area contributed by atoms with E-state index in [0.29, 0.717) is 4.34 Å². The Bertz CT molecular complexity index is 1130. The zero-order chi connectivity index (χ0) is 23.5. The molecule has 0 aliphatic heterocycles. The molecule has 32 heavy (non-hydrogen) atoms. The van der Waals surface area contributed by atoms with Crippen LogP contribution in [0.15, 0.2) is 39.1 Å². The molecule has 170 valence electrons. The number of ether oxygens (including phenoxy) is 1. The molecule has 0 atom stereocenters. The number of esters is 1. The second kappa shape index (κ2) is 9.43. The van der Waals surface area contributed by atoms with Gasteiger partial charge in [0.05, 0.1) is 10.2 Å². The number of para-hydroxylation sites is 1. The van der Waals surface area contributed by atoms with Crippen LogP contribution in [0.3, 0.4) is 0 Å². The Balaban J connectivity index is 1.77. The van der Waals surface area contributed by atoms with E-state index in [1.807, 2.05) is 24.3 Å². The maximum absolute atomic E-state index is 12.8. The minimum Gasteiger partial charge on any atom is -0.457 e. The lowest BCUT2D eigenvalue weighted by atomic mass is 10.1. The normalized spacial score (nSPS) is 12.6. The smallest absolute Gasteiger partial charge is 0.375 e. The minimum absolute atomic E-state index is 0.169. The number of hydrogen-bond acceptors (Lipinski definition) is 12. The van der Waals surface area contributed by atoms with Crippen molar-refractivity contribution in [2.24, 2.45) is 5.16 Å². The van der Waals surface area contributed by atoms with Gasteiger partial charge in [-0.25, -0.2) is 19.6 Å².